The number of amides is 1. The molecular weight excluding hydrogens is 408 g/mol. The number of anilines is 1. The third-order valence-corrected chi connectivity index (χ3v) is 8.89. The second-order valence-corrected chi connectivity index (χ2v) is 11.3. The van der Waals surface area contributed by atoms with Gasteiger partial charge in [-0.05, 0) is 75.7 Å². The zero-order chi connectivity index (χ0) is 22.6. The molecule has 4 bridgehead atoms. The van der Waals surface area contributed by atoms with Gasteiger partial charge in [0.15, 0.2) is 0 Å². The van der Waals surface area contributed by atoms with E-state index in [2.05, 4.69) is 52.0 Å². The third kappa shape index (κ3) is 3.83. The molecule has 1 aromatic carbocycles. The summed E-state index contributed by atoms with van der Waals surface area (Å²) in [4.78, 5) is 27.9. The first-order chi connectivity index (χ1) is 16.0. The van der Waals surface area contributed by atoms with Gasteiger partial charge in [0.05, 0.1) is 5.41 Å². The van der Waals surface area contributed by atoms with Crippen LogP contribution in [-0.4, -0.2) is 47.0 Å². The average molecular weight is 445 g/mol. The zero-order valence-electron chi connectivity index (χ0n) is 20.1. The van der Waals surface area contributed by atoms with Crippen molar-refractivity contribution in [1.82, 2.24) is 14.9 Å². The van der Waals surface area contributed by atoms with Gasteiger partial charge in [0, 0.05) is 43.9 Å². The maximum absolute atomic E-state index is 13.8. The summed E-state index contributed by atoms with van der Waals surface area (Å²) in [5.41, 5.74) is 3.53. The van der Waals surface area contributed by atoms with Gasteiger partial charge in [0.1, 0.15) is 11.6 Å². The monoisotopic (exact) mass is 444 g/mol. The van der Waals surface area contributed by atoms with E-state index < -0.39 is 0 Å². The van der Waals surface area contributed by atoms with Crippen molar-refractivity contribution >= 4 is 11.7 Å². The molecule has 0 radical (unpaired) electrons. The lowest BCUT2D eigenvalue weighted by molar-refractivity contribution is -0.158. The molecule has 0 N–H and O–H groups in total. The van der Waals surface area contributed by atoms with Crippen molar-refractivity contribution in [2.75, 3.05) is 31.1 Å². The minimum Gasteiger partial charge on any atom is -0.353 e. The molecule has 174 valence electrons. The summed E-state index contributed by atoms with van der Waals surface area (Å²) in [7, 11) is 0. The number of aryl methyl sites for hydroxylation is 2. The molecule has 1 amide bonds. The van der Waals surface area contributed by atoms with Gasteiger partial charge in [-0.1, -0.05) is 30.3 Å². The summed E-state index contributed by atoms with van der Waals surface area (Å²) in [5, 5.41) is 0. The van der Waals surface area contributed by atoms with Crippen LogP contribution in [0.15, 0.2) is 30.3 Å². The Morgan fingerprint density at radius 1 is 0.909 bits per heavy atom. The third-order valence-electron chi connectivity index (χ3n) is 8.89. The molecule has 1 aliphatic heterocycles. The van der Waals surface area contributed by atoms with E-state index >= 15 is 0 Å². The van der Waals surface area contributed by atoms with Gasteiger partial charge in [0.25, 0.3) is 0 Å². The lowest BCUT2D eigenvalue weighted by atomic mass is 9.49. The molecule has 0 atom stereocenters. The number of piperazine rings is 1. The van der Waals surface area contributed by atoms with Crippen LogP contribution in [0.4, 0.5) is 5.82 Å². The fraction of sp³-hybridized carbons (Fsp3) is 0.607. The lowest BCUT2D eigenvalue weighted by Gasteiger charge is -2.57. The van der Waals surface area contributed by atoms with E-state index in [0.29, 0.717) is 5.91 Å². The van der Waals surface area contributed by atoms with Gasteiger partial charge in [-0.25, -0.2) is 9.97 Å². The molecule has 33 heavy (non-hydrogen) atoms. The van der Waals surface area contributed by atoms with Crippen molar-refractivity contribution in [2.24, 2.45) is 23.2 Å². The second-order valence-electron chi connectivity index (χ2n) is 11.3. The quantitative estimate of drug-likeness (QED) is 0.694. The highest BCUT2D eigenvalue weighted by atomic mass is 16.2. The predicted molar refractivity (Wildman–Crippen MR) is 130 cm³/mol. The Morgan fingerprint density at radius 2 is 1.52 bits per heavy atom. The molecule has 4 saturated carbocycles. The molecule has 1 saturated heterocycles. The Balaban J connectivity index is 1.19. The van der Waals surface area contributed by atoms with Gasteiger partial charge in [-0.2, -0.15) is 0 Å². The van der Waals surface area contributed by atoms with Crippen LogP contribution in [-0.2, 0) is 11.2 Å². The van der Waals surface area contributed by atoms with E-state index in [-0.39, 0.29) is 5.41 Å². The Bertz CT molecular complexity index is 1010. The standard InChI is InChI=1S/C28H36N4O/c1-19-25(15-21-6-4-3-5-7-21)26(30-20(2)29-19)31-8-10-32(11-9-31)27(33)28-16-22-12-23(17-28)14-24(13-22)18-28/h3-7,22-24H,8-18H2,1-2H3. The van der Waals surface area contributed by atoms with Crippen molar-refractivity contribution in [3.8, 4) is 0 Å². The van der Waals surface area contributed by atoms with Crippen LogP contribution in [0.5, 0.6) is 0 Å². The number of hydrogen-bond acceptors (Lipinski definition) is 4. The van der Waals surface area contributed by atoms with Crippen LogP contribution < -0.4 is 4.90 Å². The molecule has 1 aromatic heterocycles. The smallest absolute Gasteiger partial charge is 0.228 e. The van der Waals surface area contributed by atoms with Crippen LogP contribution in [0.2, 0.25) is 0 Å². The Morgan fingerprint density at radius 3 is 2.12 bits per heavy atom. The number of carbonyl (C=O) groups is 1. The molecule has 0 unspecified atom stereocenters. The maximum Gasteiger partial charge on any atom is 0.228 e. The highest BCUT2D eigenvalue weighted by Crippen LogP contribution is 2.60. The van der Waals surface area contributed by atoms with Crippen LogP contribution in [0.1, 0.15) is 61.2 Å². The first-order valence-electron chi connectivity index (χ1n) is 12.9. The molecule has 4 aliphatic carbocycles. The lowest BCUT2D eigenvalue weighted by Crippen LogP contribution is -2.58. The number of rotatable bonds is 4. The van der Waals surface area contributed by atoms with E-state index in [9.17, 15) is 4.79 Å². The van der Waals surface area contributed by atoms with E-state index in [1.807, 2.05) is 6.92 Å². The van der Waals surface area contributed by atoms with Crippen molar-refractivity contribution in [3.05, 3.63) is 53.0 Å². The topological polar surface area (TPSA) is 49.3 Å². The highest BCUT2D eigenvalue weighted by Gasteiger charge is 2.55. The first-order valence-corrected chi connectivity index (χ1v) is 12.9. The van der Waals surface area contributed by atoms with Crippen molar-refractivity contribution < 1.29 is 4.79 Å². The Kier molecular flexibility index (Phi) is 5.19. The van der Waals surface area contributed by atoms with Gasteiger partial charge in [0.2, 0.25) is 5.91 Å². The van der Waals surface area contributed by atoms with Crippen molar-refractivity contribution in [3.63, 3.8) is 0 Å². The number of nitrogens with zero attached hydrogens (tertiary/aromatic N) is 4. The molecular formula is C28H36N4O. The normalized spacial score (nSPS) is 30.7. The molecule has 5 aliphatic rings. The minimum absolute atomic E-state index is 0.0303. The SMILES string of the molecule is Cc1nc(C)c(Cc2ccccc2)c(N2CCN(C(=O)C34CC5CC(CC(C5)C3)C4)CC2)n1. The molecule has 7 rings (SSSR count). The van der Waals surface area contributed by atoms with E-state index in [1.54, 1.807) is 0 Å². The largest absolute Gasteiger partial charge is 0.353 e. The Labute approximate surface area is 197 Å². The van der Waals surface area contributed by atoms with Crippen LogP contribution in [0, 0.1) is 37.0 Å². The van der Waals surface area contributed by atoms with Crippen LogP contribution in [0.3, 0.4) is 0 Å². The van der Waals surface area contributed by atoms with Gasteiger partial charge < -0.3 is 9.80 Å². The molecule has 2 aromatic rings. The van der Waals surface area contributed by atoms with E-state index in [0.717, 1.165) is 87.0 Å². The summed E-state index contributed by atoms with van der Waals surface area (Å²) >= 11 is 0. The van der Waals surface area contributed by atoms with Crippen LogP contribution >= 0.6 is 0 Å². The average Bonchev–Trinajstić information content (AvgIpc) is 2.80. The fourth-order valence-corrected chi connectivity index (χ4v) is 7.82. The number of aromatic nitrogens is 2. The molecule has 0 spiro atoms. The van der Waals surface area contributed by atoms with E-state index in [4.69, 9.17) is 4.98 Å². The Hall–Kier alpha value is -2.43. The van der Waals surface area contributed by atoms with Crippen molar-refractivity contribution in [2.45, 2.75) is 58.8 Å². The minimum atomic E-state index is -0.0303. The molecule has 5 heteroatoms. The van der Waals surface area contributed by atoms with Crippen LogP contribution in [0.25, 0.3) is 0 Å². The first kappa shape index (κ1) is 21.1. The van der Waals surface area contributed by atoms with Crippen molar-refractivity contribution in [1.29, 1.82) is 0 Å². The number of hydrogen-bond donors (Lipinski definition) is 0. The predicted octanol–water partition coefficient (Wildman–Crippen LogP) is 4.55. The number of carbonyl (C=O) groups excluding carboxylic acids is 1. The second kappa shape index (κ2) is 8.11. The summed E-state index contributed by atoms with van der Waals surface area (Å²) in [5.74, 6) is 4.80. The summed E-state index contributed by atoms with van der Waals surface area (Å²) < 4.78 is 0. The molecule has 2 heterocycles. The van der Waals surface area contributed by atoms with Gasteiger partial charge in [-0.15, -0.1) is 0 Å². The summed E-state index contributed by atoms with van der Waals surface area (Å²) in [6.07, 6.45) is 8.47. The number of benzene rings is 1. The van der Waals surface area contributed by atoms with Gasteiger partial charge >= 0.3 is 0 Å². The maximum atomic E-state index is 13.8. The molecule has 5 fully saturated rings. The summed E-state index contributed by atoms with van der Waals surface area (Å²) in [6, 6.07) is 10.6. The zero-order valence-corrected chi connectivity index (χ0v) is 20.1. The molecule has 5 nitrogen and oxygen atoms in total. The van der Waals surface area contributed by atoms with E-state index in [1.165, 1.54) is 30.4 Å². The fourth-order valence-electron chi connectivity index (χ4n) is 7.82. The van der Waals surface area contributed by atoms with Gasteiger partial charge in [-0.3, -0.25) is 4.79 Å². The highest BCUT2D eigenvalue weighted by molar-refractivity contribution is 5.83. The summed E-state index contributed by atoms with van der Waals surface area (Å²) in [6.45, 7) is 7.42.